The minimum absolute atomic E-state index is 0.0161. The van der Waals surface area contributed by atoms with Gasteiger partial charge in [-0.05, 0) is 30.7 Å². The normalized spacial score (nSPS) is 13.3. The molecule has 6 nitrogen and oxygen atoms in total. The molecule has 0 aliphatic carbocycles. The molecule has 0 saturated carbocycles. The number of amides is 2. The molecule has 0 spiro atoms. The van der Waals surface area contributed by atoms with Gasteiger partial charge < -0.3 is 14.5 Å². The van der Waals surface area contributed by atoms with E-state index in [0.717, 1.165) is 6.42 Å². The van der Waals surface area contributed by atoms with E-state index in [9.17, 15) is 14.4 Å². The van der Waals surface area contributed by atoms with Gasteiger partial charge in [0.25, 0.3) is 5.91 Å². The van der Waals surface area contributed by atoms with Gasteiger partial charge in [0, 0.05) is 25.2 Å². The van der Waals surface area contributed by atoms with Crippen LogP contribution in [-0.2, 0) is 14.3 Å². The molecule has 6 heteroatoms. The molecule has 144 valence electrons. The molecule has 0 aromatic heterocycles. The molecule has 1 fully saturated rings. The number of hydrogen-bond acceptors (Lipinski definition) is 4. The van der Waals surface area contributed by atoms with E-state index in [0.29, 0.717) is 30.9 Å². The first-order chi connectivity index (χ1) is 13.6. The van der Waals surface area contributed by atoms with Crippen molar-refractivity contribution in [3.05, 3.63) is 72.8 Å². The van der Waals surface area contributed by atoms with Crippen LogP contribution in [0.2, 0.25) is 0 Å². The Balaban J connectivity index is 1.71. The minimum atomic E-state index is -0.629. The van der Waals surface area contributed by atoms with Crippen molar-refractivity contribution in [1.82, 2.24) is 0 Å². The molecule has 2 aromatic rings. The number of carbonyl (C=O) groups is 3. The molecule has 0 N–H and O–H groups in total. The van der Waals surface area contributed by atoms with Crippen LogP contribution in [0.15, 0.2) is 67.3 Å². The third-order valence-electron chi connectivity index (χ3n) is 4.50. The zero-order valence-electron chi connectivity index (χ0n) is 15.5. The molecule has 2 amide bonds. The zero-order chi connectivity index (χ0) is 19.9. The molecule has 2 aromatic carbocycles. The van der Waals surface area contributed by atoms with E-state index in [1.807, 2.05) is 18.2 Å². The van der Waals surface area contributed by atoms with Crippen LogP contribution in [0.4, 0.5) is 11.4 Å². The van der Waals surface area contributed by atoms with E-state index in [4.69, 9.17) is 4.74 Å². The Hall–Kier alpha value is -3.41. The number of nitrogens with zero attached hydrogens (tertiary/aromatic N) is 2. The van der Waals surface area contributed by atoms with Crippen molar-refractivity contribution in [1.29, 1.82) is 0 Å². The number of esters is 1. The van der Waals surface area contributed by atoms with Crippen LogP contribution in [-0.4, -0.2) is 37.5 Å². The largest absolute Gasteiger partial charge is 0.452 e. The van der Waals surface area contributed by atoms with Crippen molar-refractivity contribution < 1.29 is 19.1 Å². The van der Waals surface area contributed by atoms with Crippen LogP contribution < -0.4 is 9.80 Å². The summed E-state index contributed by atoms with van der Waals surface area (Å²) in [6.45, 7) is 4.15. The van der Waals surface area contributed by atoms with Crippen molar-refractivity contribution >= 4 is 29.2 Å². The van der Waals surface area contributed by atoms with Gasteiger partial charge in [-0.2, -0.15) is 0 Å². The molecular formula is C22H22N2O4. The van der Waals surface area contributed by atoms with E-state index >= 15 is 0 Å². The Morgan fingerprint density at radius 2 is 1.82 bits per heavy atom. The van der Waals surface area contributed by atoms with Gasteiger partial charge in [0.15, 0.2) is 6.61 Å². The standard InChI is InChI=1S/C22H22N2O4/c1-2-14-23(17-9-4-3-5-10-17)21(26)16-28-22(27)18-11-6-7-12-19(18)24-15-8-13-20(24)25/h2-7,9-12H,1,8,13-16H2. The summed E-state index contributed by atoms with van der Waals surface area (Å²) >= 11 is 0. The summed E-state index contributed by atoms with van der Waals surface area (Å²) in [4.78, 5) is 40.3. The predicted molar refractivity (Wildman–Crippen MR) is 107 cm³/mol. The van der Waals surface area contributed by atoms with Crippen LogP contribution in [0.1, 0.15) is 23.2 Å². The van der Waals surface area contributed by atoms with Crippen molar-refractivity contribution in [2.45, 2.75) is 12.8 Å². The number of carbonyl (C=O) groups excluding carboxylic acids is 3. The third-order valence-corrected chi connectivity index (χ3v) is 4.50. The summed E-state index contributed by atoms with van der Waals surface area (Å²) < 4.78 is 5.27. The number of anilines is 2. The summed E-state index contributed by atoms with van der Waals surface area (Å²) in [7, 11) is 0. The maximum atomic E-state index is 12.6. The van der Waals surface area contributed by atoms with Gasteiger partial charge in [0.2, 0.25) is 5.91 Å². The molecule has 0 bridgehead atoms. The molecule has 1 aliphatic rings. The first kappa shape index (κ1) is 19.4. The highest BCUT2D eigenvalue weighted by molar-refractivity contribution is 6.04. The summed E-state index contributed by atoms with van der Waals surface area (Å²) in [5, 5.41) is 0. The lowest BCUT2D eigenvalue weighted by Gasteiger charge is -2.22. The number of rotatable bonds is 7. The van der Waals surface area contributed by atoms with Crippen molar-refractivity contribution in [3.8, 4) is 0 Å². The summed E-state index contributed by atoms with van der Waals surface area (Å²) in [5.41, 5.74) is 1.50. The molecular weight excluding hydrogens is 356 g/mol. The van der Waals surface area contributed by atoms with E-state index < -0.39 is 12.6 Å². The van der Waals surface area contributed by atoms with Gasteiger partial charge in [-0.15, -0.1) is 6.58 Å². The third kappa shape index (κ3) is 4.28. The lowest BCUT2D eigenvalue weighted by molar-refractivity contribution is -0.121. The molecule has 1 heterocycles. The second-order valence-electron chi connectivity index (χ2n) is 6.37. The van der Waals surface area contributed by atoms with Gasteiger partial charge in [0.05, 0.1) is 11.3 Å². The maximum absolute atomic E-state index is 12.6. The number of hydrogen-bond donors (Lipinski definition) is 0. The highest BCUT2D eigenvalue weighted by atomic mass is 16.5. The Kier molecular flexibility index (Phi) is 6.22. The Bertz CT molecular complexity index is 879. The summed E-state index contributed by atoms with van der Waals surface area (Å²) in [6.07, 6.45) is 2.84. The van der Waals surface area contributed by atoms with Gasteiger partial charge >= 0.3 is 5.97 Å². The fraction of sp³-hybridized carbons (Fsp3) is 0.227. The van der Waals surface area contributed by atoms with Gasteiger partial charge in [-0.1, -0.05) is 36.4 Å². The van der Waals surface area contributed by atoms with Crippen LogP contribution >= 0.6 is 0 Å². The Morgan fingerprint density at radius 1 is 1.11 bits per heavy atom. The second-order valence-corrected chi connectivity index (χ2v) is 6.37. The van der Waals surface area contributed by atoms with E-state index in [1.54, 1.807) is 47.4 Å². The van der Waals surface area contributed by atoms with Gasteiger partial charge in [-0.25, -0.2) is 4.79 Å². The number of para-hydroxylation sites is 2. The quantitative estimate of drug-likeness (QED) is 0.548. The molecule has 0 unspecified atom stereocenters. The molecule has 1 aliphatic heterocycles. The van der Waals surface area contributed by atoms with E-state index in [1.165, 1.54) is 4.90 Å². The lowest BCUT2D eigenvalue weighted by Crippen LogP contribution is -2.35. The zero-order valence-corrected chi connectivity index (χ0v) is 15.5. The monoisotopic (exact) mass is 378 g/mol. The molecule has 0 radical (unpaired) electrons. The molecule has 0 atom stereocenters. The fourth-order valence-corrected chi connectivity index (χ4v) is 3.16. The summed E-state index contributed by atoms with van der Waals surface area (Å²) in [5.74, 6) is -0.998. The molecule has 3 rings (SSSR count). The predicted octanol–water partition coefficient (Wildman–Crippen LogP) is 3.19. The van der Waals surface area contributed by atoms with Crippen molar-refractivity contribution in [3.63, 3.8) is 0 Å². The first-order valence-electron chi connectivity index (χ1n) is 9.14. The van der Waals surface area contributed by atoms with Crippen molar-refractivity contribution in [2.75, 3.05) is 29.5 Å². The minimum Gasteiger partial charge on any atom is -0.452 e. The molecule has 1 saturated heterocycles. The van der Waals surface area contributed by atoms with Gasteiger partial charge in [0.1, 0.15) is 0 Å². The highest BCUT2D eigenvalue weighted by Crippen LogP contribution is 2.26. The fourth-order valence-electron chi connectivity index (χ4n) is 3.16. The second kappa shape index (κ2) is 8.99. The molecule has 28 heavy (non-hydrogen) atoms. The average Bonchev–Trinajstić information content (AvgIpc) is 3.16. The number of benzene rings is 2. The maximum Gasteiger partial charge on any atom is 0.340 e. The van der Waals surface area contributed by atoms with Crippen LogP contribution in [0.3, 0.4) is 0 Å². The summed E-state index contributed by atoms with van der Waals surface area (Å²) in [6, 6.07) is 15.9. The van der Waals surface area contributed by atoms with E-state index in [2.05, 4.69) is 6.58 Å². The SMILES string of the molecule is C=CCN(C(=O)COC(=O)c1ccccc1N1CCCC1=O)c1ccccc1. The lowest BCUT2D eigenvalue weighted by atomic mass is 10.1. The number of ether oxygens (including phenoxy) is 1. The van der Waals surface area contributed by atoms with E-state index in [-0.39, 0.29) is 17.4 Å². The Morgan fingerprint density at radius 3 is 2.50 bits per heavy atom. The van der Waals surface area contributed by atoms with Crippen LogP contribution in [0.5, 0.6) is 0 Å². The Labute approximate surface area is 164 Å². The average molecular weight is 378 g/mol. The first-order valence-corrected chi connectivity index (χ1v) is 9.14. The van der Waals surface area contributed by atoms with Crippen molar-refractivity contribution in [2.24, 2.45) is 0 Å². The van der Waals surface area contributed by atoms with Crippen LogP contribution in [0, 0.1) is 0 Å². The highest BCUT2D eigenvalue weighted by Gasteiger charge is 2.26. The smallest absolute Gasteiger partial charge is 0.340 e. The van der Waals surface area contributed by atoms with Gasteiger partial charge in [-0.3, -0.25) is 9.59 Å². The topological polar surface area (TPSA) is 66.9 Å². The van der Waals surface area contributed by atoms with Crippen LogP contribution in [0.25, 0.3) is 0 Å².